The fourth-order valence-electron chi connectivity index (χ4n) is 2.70. The van der Waals surface area contributed by atoms with Crippen LogP contribution in [0.25, 0.3) is 0 Å². The highest BCUT2D eigenvalue weighted by molar-refractivity contribution is 9.10. The molecule has 6 heteroatoms. The van der Waals surface area contributed by atoms with Crippen LogP contribution in [0.3, 0.4) is 0 Å². The zero-order valence-corrected chi connectivity index (χ0v) is 15.0. The summed E-state index contributed by atoms with van der Waals surface area (Å²) in [6.07, 6.45) is 2.89. The summed E-state index contributed by atoms with van der Waals surface area (Å²) in [6, 6.07) is 11.3. The Morgan fingerprint density at radius 2 is 2.12 bits per heavy atom. The van der Waals surface area contributed by atoms with Gasteiger partial charge in [0.2, 0.25) is 11.8 Å². The van der Waals surface area contributed by atoms with Gasteiger partial charge in [0.05, 0.1) is 24.5 Å². The van der Waals surface area contributed by atoms with Gasteiger partial charge in [0.15, 0.2) is 0 Å². The molecule has 0 N–H and O–H groups in total. The molecule has 0 spiro atoms. The maximum absolute atomic E-state index is 12.4. The quantitative estimate of drug-likeness (QED) is 0.786. The molecule has 2 heterocycles. The second kappa shape index (κ2) is 7.66. The van der Waals surface area contributed by atoms with Crippen molar-refractivity contribution in [1.82, 2.24) is 9.88 Å². The van der Waals surface area contributed by atoms with Crippen molar-refractivity contribution < 1.29 is 14.3 Å². The summed E-state index contributed by atoms with van der Waals surface area (Å²) in [5.41, 5.74) is 0.984. The number of amides is 1. The van der Waals surface area contributed by atoms with Gasteiger partial charge in [-0.05, 0) is 45.8 Å². The van der Waals surface area contributed by atoms with Crippen LogP contribution >= 0.6 is 15.9 Å². The third-order valence-corrected chi connectivity index (χ3v) is 4.62. The van der Waals surface area contributed by atoms with E-state index in [0.29, 0.717) is 25.4 Å². The lowest BCUT2D eigenvalue weighted by atomic mass is 10.1. The normalized spacial score (nSPS) is 16.9. The Hall–Kier alpha value is -2.08. The predicted octanol–water partition coefficient (Wildman–Crippen LogP) is 3.08. The van der Waals surface area contributed by atoms with Gasteiger partial charge in [0, 0.05) is 19.2 Å². The molecular formula is C18H19BrN2O3. The molecule has 1 fully saturated rings. The van der Waals surface area contributed by atoms with Crippen LogP contribution in [-0.2, 0) is 11.2 Å². The Bertz CT molecular complexity index is 706. The van der Waals surface area contributed by atoms with E-state index in [4.69, 9.17) is 9.47 Å². The number of aromatic nitrogens is 1. The van der Waals surface area contributed by atoms with Crippen LogP contribution < -0.4 is 9.47 Å². The molecule has 1 aliphatic rings. The van der Waals surface area contributed by atoms with Crippen molar-refractivity contribution >= 4 is 21.8 Å². The van der Waals surface area contributed by atoms with Gasteiger partial charge < -0.3 is 14.4 Å². The Labute approximate surface area is 149 Å². The monoisotopic (exact) mass is 390 g/mol. The van der Waals surface area contributed by atoms with Crippen molar-refractivity contribution in [3.8, 4) is 11.6 Å². The van der Waals surface area contributed by atoms with Crippen molar-refractivity contribution in [1.29, 1.82) is 0 Å². The first-order chi connectivity index (χ1) is 11.7. The number of ether oxygens (including phenoxy) is 2. The molecule has 1 saturated heterocycles. The molecule has 126 valence electrons. The van der Waals surface area contributed by atoms with Gasteiger partial charge in [-0.3, -0.25) is 4.79 Å². The summed E-state index contributed by atoms with van der Waals surface area (Å²) < 4.78 is 11.9. The minimum atomic E-state index is -0.0176. The van der Waals surface area contributed by atoms with Gasteiger partial charge >= 0.3 is 0 Å². The maximum Gasteiger partial charge on any atom is 0.228 e. The van der Waals surface area contributed by atoms with Gasteiger partial charge in [-0.25, -0.2) is 4.98 Å². The molecule has 1 aromatic heterocycles. The van der Waals surface area contributed by atoms with E-state index in [1.165, 1.54) is 0 Å². The molecule has 1 aromatic carbocycles. The molecule has 24 heavy (non-hydrogen) atoms. The van der Waals surface area contributed by atoms with Crippen LogP contribution in [0.15, 0.2) is 47.1 Å². The molecule has 1 unspecified atom stereocenters. The summed E-state index contributed by atoms with van der Waals surface area (Å²) in [5, 5.41) is 0. The molecule has 2 aromatic rings. The summed E-state index contributed by atoms with van der Waals surface area (Å²) in [5.74, 6) is 1.49. The van der Waals surface area contributed by atoms with Crippen LogP contribution in [0.1, 0.15) is 12.0 Å². The number of benzene rings is 1. The fourth-order valence-corrected chi connectivity index (χ4v) is 3.04. The van der Waals surface area contributed by atoms with Crippen LogP contribution in [0.2, 0.25) is 0 Å². The number of likely N-dealkylation sites (tertiary alicyclic amines) is 1. The third kappa shape index (κ3) is 4.06. The van der Waals surface area contributed by atoms with E-state index in [-0.39, 0.29) is 12.0 Å². The highest BCUT2D eigenvalue weighted by atomic mass is 79.9. The van der Waals surface area contributed by atoms with E-state index in [2.05, 4.69) is 20.9 Å². The molecule has 0 radical (unpaired) electrons. The number of hydrogen-bond donors (Lipinski definition) is 0. The summed E-state index contributed by atoms with van der Waals surface area (Å²) in [7, 11) is 1.63. The van der Waals surface area contributed by atoms with Crippen molar-refractivity contribution in [2.24, 2.45) is 0 Å². The van der Waals surface area contributed by atoms with E-state index in [1.54, 1.807) is 13.3 Å². The molecule has 5 nitrogen and oxygen atoms in total. The van der Waals surface area contributed by atoms with Crippen LogP contribution in [0, 0.1) is 0 Å². The Morgan fingerprint density at radius 1 is 1.33 bits per heavy atom. The zero-order valence-electron chi connectivity index (χ0n) is 13.4. The smallest absolute Gasteiger partial charge is 0.228 e. The topological polar surface area (TPSA) is 51.7 Å². The van der Waals surface area contributed by atoms with E-state index < -0.39 is 0 Å². The van der Waals surface area contributed by atoms with Crippen molar-refractivity contribution in [3.05, 3.63) is 52.6 Å². The van der Waals surface area contributed by atoms with Crippen LogP contribution in [0.4, 0.5) is 0 Å². The first-order valence-corrected chi connectivity index (χ1v) is 8.63. The summed E-state index contributed by atoms with van der Waals surface area (Å²) in [6.45, 7) is 1.31. The van der Waals surface area contributed by atoms with Gasteiger partial charge in [0.25, 0.3) is 0 Å². The minimum absolute atomic E-state index is 0.0176. The number of halogens is 1. The Balaban J connectivity index is 1.54. The molecule has 1 aliphatic heterocycles. The first-order valence-electron chi connectivity index (χ1n) is 7.83. The van der Waals surface area contributed by atoms with Gasteiger partial charge in [-0.1, -0.05) is 12.1 Å². The van der Waals surface area contributed by atoms with Gasteiger partial charge in [0.1, 0.15) is 11.9 Å². The number of nitrogens with zero attached hydrogens (tertiary/aromatic N) is 2. The molecular weight excluding hydrogens is 372 g/mol. The number of hydrogen-bond acceptors (Lipinski definition) is 4. The first kappa shape index (κ1) is 16.8. The highest BCUT2D eigenvalue weighted by Gasteiger charge is 2.28. The zero-order chi connectivity index (χ0) is 16.9. The number of pyridine rings is 1. The van der Waals surface area contributed by atoms with Crippen LogP contribution in [-0.4, -0.2) is 42.1 Å². The third-order valence-electron chi connectivity index (χ3n) is 4.02. The molecule has 3 rings (SSSR count). The lowest BCUT2D eigenvalue weighted by Gasteiger charge is -2.17. The maximum atomic E-state index is 12.4. The number of rotatable bonds is 5. The largest absolute Gasteiger partial charge is 0.497 e. The Morgan fingerprint density at radius 3 is 2.83 bits per heavy atom. The van der Waals surface area contributed by atoms with Crippen molar-refractivity contribution in [2.45, 2.75) is 18.9 Å². The standard InChI is InChI=1S/C18H19BrN2O3/c1-23-14-6-4-13(5-7-14)11-17(22)21-10-8-15(12-21)24-18-16(19)3-2-9-20-18/h2-7,9,15H,8,10-12H2,1H3. The van der Waals surface area contributed by atoms with E-state index in [9.17, 15) is 4.79 Å². The summed E-state index contributed by atoms with van der Waals surface area (Å²) >= 11 is 3.43. The predicted molar refractivity (Wildman–Crippen MR) is 94.2 cm³/mol. The number of carbonyl (C=O) groups excluding carboxylic acids is 1. The van der Waals surface area contributed by atoms with Gasteiger partial charge in [-0.15, -0.1) is 0 Å². The van der Waals surface area contributed by atoms with Crippen LogP contribution in [0.5, 0.6) is 11.6 Å². The van der Waals surface area contributed by atoms with Crippen molar-refractivity contribution in [3.63, 3.8) is 0 Å². The van der Waals surface area contributed by atoms with E-state index in [0.717, 1.165) is 22.2 Å². The van der Waals surface area contributed by atoms with E-state index >= 15 is 0 Å². The van der Waals surface area contributed by atoms with E-state index in [1.807, 2.05) is 41.3 Å². The average molecular weight is 391 g/mol. The second-order valence-electron chi connectivity index (χ2n) is 5.68. The molecule has 1 atom stereocenters. The lowest BCUT2D eigenvalue weighted by molar-refractivity contribution is -0.129. The number of carbonyl (C=O) groups is 1. The highest BCUT2D eigenvalue weighted by Crippen LogP contribution is 2.24. The van der Waals surface area contributed by atoms with Gasteiger partial charge in [-0.2, -0.15) is 0 Å². The second-order valence-corrected chi connectivity index (χ2v) is 6.54. The Kier molecular flexibility index (Phi) is 5.35. The lowest BCUT2D eigenvalue weighted by Crippen LogP contribution is -2.32. The number of methoxy groups -OCH3 is 1. The molecule has 0 bridgehead atoms. The molecule has 0 saturated carbocycles. The fraction of sp³-hybridized carbons (Fsp3) is 0.333. The summed E-state index contributed by atoms with van der Waals surface area (Å²) in [4.78, 5) is 18.5. The molecule has 0 aliphatic carbocycles. The van der Waals surface area contributed by atoms with Crippen molar-refractivity contribution in [2.75, 3.05) is 20.2 Å². The minimum Gasteiger partial charge on any atom is -0.497 e. The SMILES string of the molecule is COc1ccc(CC(=O)N2CCC(Oc3ncccc3Br)C2)cc1. The average Bonchev–Trinajstić information content (AvgIpc) is 3.06. The molecule has 1 amide bonds.